The Morgan fingerprint density at radius 2 is 1.81 bits per heavy atom. The number of benzene rings is 2. The molecule has 1 atom stereocenters. The zero-order valence-corrected chi connectivity index (χ0v) is 16.9. The SMILES string of the molecule is C[C@H]1CCCCN1c1ccc(NC(=O)c2ccc(C(C)(C)C)cc2)cc1N. The maximum absolute atomic E-state index is 12.6. The lowest BCUT2D eigenvalue weighted by Crippen LogP contribution is -2.37. The number of hydrogen-bond acceptors (Lipinski definition) is 3. The van der Waals surface area contributed by atoms with Crippen molar-refractivity contribution in [3.8, 4) is 0 Å². The summed E-state index contributed by atoms with van der Waals surface area (Å²) in [5, 5.41) is 2.96. The number of piperidine rings is 1. The third-order valence-electron chi connectivity index (χ3n) is 5.41. The van der Waals surface area contributed by atoms with Gasteiger partial charge < -0.3 is 16.0 Å². The molecule has 2 aromatic carbocycles. The zero-order chi connectivity index (χ0) is 19.6. The van der Waals surface area contributed by atoms with Crippen LogP contribution in [0.2, 0.25) is 0 Å². The number of nitrogens with zero attached hydrogens (tertiary/aromatic N) is 1. The first-order valence-electron chi connectivity index (χ1n) is 9.84. The van der Waals surface area contributed by atoms with Crippen molar-refractivity contribution in [3.63, 3.8) is 0 Å². The molecule has 4 heteroatoms. The van der Waals surface area contributed by atoms with Crippen LogP contribution in [0, 0.1) is 0 Å². The number of hydrogen-bond donors (Lipinski definition) is 2. The van der Waals surface area contributed by atoms with Crippen LogP contribution in [0.4, 0.5) is 17.1 Å². The number of carbonyl (C=O) groups is 1. The highest BCUT2D eigenvalue weighted by atomic mass is 16.1. The van der Waals surface area contributed by atoms with E-state index in [-0.39, 0.29) is 11.3 Å². The molecule has 0 saturated carbocycles. The van der Waals surface area contributed by atoms with Crippen molar-refractivity contribution < 1.29 is 4.79 Å². The van der Waals surface area contributed by atoms with Gasteiger partial charge in [-0.2, -0.15) is 0 Å². The average Bonchev–Trinajstić information content (AvgIpc) is 2.62. The predicted molar refractivity (Wildman–Crippen MR) is 115 cm³/mol. The lowest BCUT2D eigenvalue weighted by Gasteiger charge is -2.36. The second kappa shape index (κ2) is 7.63. The molecule has 3 rings (SSSR count). The number of rotatable bonds is 3. The van der Waals surface area contributed by atoms with E-state index < -0.39 is 0 Å². The van der Waals surface area contributed by atoms with Crippen LogP contribution in [0.25, 0.3) is 0 Å². The minimum absolute atomic E-state index is 0.0743. The molecule has 1 aliphatic heterocycles. The van der Waals surface area contributed by atoms with Crippen molar-refractivity contribution in [1.29, 1.82) is 0 Å². The van der Waals surface area contributed by atoms with Crippen LogP contribution < -0.4 is 16.0 Å². The molecule has 1 aliphatic rings. The van der Waals surface area contributed by atoms with Crippen LogP contribution in [-0.2, 0) is 5.41 Å². The molecule has 0 radical (unpaired) electrons. The number of amides is 1. The van der Waals surface area contributed by atoms with Gasteiger partial charge in [-0.05, 0) is 67.5 Å². The molecule has 1 amide bonds. The maximum atomic E-state index is 12.6. The van der Waals surface area contributed by atoms with Crippen LogP contribution in [0.1, 0.15) is 62.9 Å². The van der Waals surface area contributed by atoms with Gasteiger partial charge in [0.2, 0.25) is 0 Å². The highest BCUT2D eigenvalue weighted by Crippen LogP contribution is 2.31. The molecule has 4 nitrogen and oxygen atoms in total. The Bertz CT molecular complexity index is 805. The first-order valence-corrected chi connectivity index (χ1v) is 9.84. The molecule has 0 spiro atoms. The third kappa shape index (κ3) is 4.44. The largest absolute Gasteiger partial charge is 0.397 e. The Morgan fingerprint density at radius 3 is 2.41 bits per heavy atom. The van der Waals surface area contributed by atoms with E-state index in [1.807, 2.05) is 42.5 Å². The topological polar surface area (TPSA) is 58.4 Å². The normalized spacial score (nSPS) is 17.6. The van der Waals surface area contributed by atoms with E-state index in [2.05, 4.69) is 37.9 Å². The number of nitrogen functional groups attached to an aromatic ring is 1. The standard InChI is InChI=1S/C23H31N3O/c1-16-7-5-6-14-26(16)21-13-12-19(15-20(21)24)25-22(27)17-8-10-18(11-9-17)23(2,3)4/h8-13,15-16H,5-7,14,24H2,1-4H3,(H,25,27)/t16-/m0/s1. The zero-order valence-electron chi connectivity index (χ0n) is 16.9. The van der Waals surface area contributed by atoms with Crippen LogP contribution in [-0.4, -0.2) is 18.5 Å². The summed E-state index contributed by atoms with van der Waals surface area (Å²) in [6.45, 7) is 9.77. The van der Waals surface area contributed by atoms with Crippen LogP contribution >= 0.6 is 0 Å². The van der Waals surface area contributed by atoms with Gasteiger partial charge in [-0.15, -0.1) is 0 Å². The van der Waals surface area contributed by atoms with E-state index in [0.717, 1.165) is 17.9 Å². The van der Waals surface area contributed by atoms with E-state index in [0.29, 0.717) is 17.3 Å². The van der Waals surface area contributed by atoms with Gasteiger partial charge in [-0.1, -0.05) is 32.9 Å². The van der Waals surface area contributed by atoms with Crippen molar-refractivity contribution in [3.05, 3.63) is 53.6 Å². The highest BCUT2D eigenvalue weighted by Gasteiger charge is 2.20. The summed E-state index contributed by atoms with van der Waals surface area (Å²) >= 11 is 0. The molecule has 1 saturated heterocycles. The fourth-order valence-corrected chi connectivity index (χ4v) is 3.67. The minimum atomic E-state index is -0.117. The Hall–Kier alpha value is -2.49. The Morgan fingerprint density at radius 1 is 1.11 bits per heavy atom. The summed E-state index contributed by atoms with van der Waals surface area (Å²) in [5.41, 5.74) is 10.7. The fourth-order valence-electron chi connectivity index (χ4n) is 3.67. The first kappa shape index (κ1) is 19.3. The van der Waals surface area contributed by atoms with Crippen molar-refractivity contribution in [2.24, 2.45) is 0 Å². The molecule has 0 aliphatic carbocycles. The van der Waals surface area contributed by atoms with E-state index in [4.69, 9.17) is 5.73 Å². The van der Waals surface area contributed by atoms with Crippen LogP contribution in [0.15, 0.2) is 42.5 Å². The molecular formula is C23H31N3O. The number of anilines is 3. The molecule has 1 fully saturated rings. The van der Waals surface area contributed by atoms with E-state index in [1.165, 1.54) is 24.8 Å². The Labute approximate surface area is 162 Å². The van der Waals surface area contributed by atoms with Crippen molar-refractivity contribution in [2.75, 3.05) is 22.5 Å². The predicted octanol–water partition coefficient (Wildman–Crippen LogP) is 5.20. The first-order chi connectivity index (χ1) is 12.8. The van der Waals surface area contributed by atoms with Gasteiger partial charge in [-0.25, -0.2) is 0 Å². The number of nitrogens with one attached hydrogen (secondary N) is 1. The molecule has 2 aromatic rings. The summed E-state index contributed by atoms with van der Waals surface area (Å²) < 4.78 is 0. The monoisotopic (exact) mass is 365 g/mol. The smallest absolute Gasteiger partial charge is 0.255 e. The summed E-state index contributed by atoms with van der Waals surface area (Å²) in [4.78, 5) is 14.9. The number of carbonyl (C=O) groups excluding carboxylic acids is 1. The third-order valence-corrected chi connectivity index (χ3v) is 5.41. The van der Waals surface area contributed by atoms with Crippen molar-refractivity contribution in [1.82, 2.24) is 0 Å². The average molecular weight is 366 g/mol. The lowest BCUT2D eigenvalue weighted by molar-refractivity contribution is 0.102. The van der Waals surface area contributed by atoms with Gasteiger partial charge in [0.15, 0.2) is 0 Å². The van der Waals surface area contributed by atoms with Gasteiger partial charge in [0.05, 0.1) is 11.4 Å². The van der Waals surface area contributed by atoms with Crippen molar-refractivity contribution in [2.45, 2.75) is 58.4 Å². The molecule has 0 bridgehead atoms. The quantitative estimate of drug-likeness (QED) is 0.735. The highest BCUT2D eigenvalue weighted by molar-refractivity contribution is 6.04. The molecule has 27 heavy (non-hydrogen) atoms. The van der Waals surface area contributed by atoms with E-state index in [9.17, 15) is 4.79 Å². The summed E-state index contributed by atoms with van der Waals surface area (Å²) in [6.07, 6.45) is 3.68. The van der Waals surface area contributed by atoms with E-state index >= 15 is 0 Å². The Kier molecular flexibility index (Phi) is 5.45. The second-order valence-electron chi connectivity index (χ2n) is 8.59. The van der Waals surface area contributed by atoms with Gasteiger partial charge in [0, 0.05) is 23.8 Å². The number of nitrogens with two attached hydrogens (primary N) is 1. The summed E-state index contributed by atoms with van der Waals surface area (Å²) in [7, 11) is 0. The van der Waals surface area contributed by atoms with Gasteiger partial charge in [-0.3, -0.25) is 4.79 Å². The molecule has 0 unspecified atom stereocenters. The van der Waals surface area contributed by atoms with Gasteiger partial charge >= 0.3 is 0 Å². The molecular weight excluding hydrogens is 334 g/mol. The summed E-state index contributed by atoms with van der Waals surface area (Å²) in [5.74, 6) is -0.117. The van der Waals surface area contributed by atoms with E-state index in [1.54, 1.807) is 0 Å². The second-order valence-corrected chi connectivity index (χ2v) is 8.59. The van der Waals surface area contributed by atoms with Crippen LogP contribution in [0.5, 0.6) is 0 Å². The summed E-state index contributed by atoms with van der Waals surface area (Å²) in [6, 6.07) is 14.1. The van der Waals surface area contributed by atoms with Crippen LogP contribution in [0.3, 0.4) is 0 Å². The van der Waals surface area contributed by atoms with Gasteiger partial charge in [0.1, 0.15) is 0 Å². The minimum Gasteiger partial charge on any atom is -0.397 e. The lowest BCUT2D eigenvalue weighted by atomic mass is 9.87. The van der Waals surface area contributed by atoms with Crippen molar-refractivity contribution >= 4 is 23.0 Å². The molecule has 3 N–H and O–H groups in total. The Balaban J connectivity index is 1.72. The fraction of sp³-hybridized carbons (Fsp3) is 0.435. The maximum Gasteiger partial charge on any atom is 0.255 e. The molecule has 144 valence electrons. The molecule has 0 aromatic heterocycles. The van der Waals surface area contributed by atoms with Gasteiger partial charge in [0.25, 0.3) is 5.91 Å². The molecule has 1 heterocycles.